The summed E-state index contributed by atoms with van der Waals surface area (Å²) in [6, 6.07) is 15.9. The van der Waals surface area contributed by atoms with E-state index in [1.165, 1.54) is 11.3 Å². The van der Waals surface area contributed by atoms with E-state index < -0.39 is 0 Å². The molecular formula is C20H22N2O2S. The predicted octanol–water partition coefficient (Wildman–Crippen LogP) is 5.05. The minimum atomic E-state index is -0.0117. The van der Waals surface area contributed by atoms with Gasteiger partial charge < -0.3 is 10.1 Å². The number of carbonyl (C=O) groups is 1. The van der Waals surface area contributed by atoms with Crippen molar-refractivity contribution in [1.29, 1.82) is 0 Å². The monoisotopic (exact) mass is 354 g/mol. The van der Waals surface area contributed by atoms with E-state index in [-0.39, 0.29) is 5.91 Å². The number of nitrogens with zero attached hydrogens (tertiary/aromatic N) is 1. The van der Waals surface area contributed by atoms with Crippen LogP contribution >= 0.6 is 11.3 Å². The number of ether oxygens (including phenoxy) is 1. The van der Waals surface area contributed by atoms with E-state index in [1.54, 1.807) is 0 Å². The van der Waals surface area contributed by atoms with Gasteiger partial charge in [-0.25, -0.2) is 4.98 Å². The van der Waals surface area contributed by atoms with Gasteiger partial charge in [-0.2, -0.15) is 0 Å². The molecular weight excluding hydrogens is 332 g/mol. The highest BCUT2D eigenvalue weighted by Gasteiger charge is 2.09. The molecule has 1 heterocycles. The first-order valence-electron chi connectivity index (χ1n) is 8.62. The molecule has 3 aromatic rings. The first kappa shape index (κ1) is 17.4. The van der Waals surface area contributed by atoms with Crippen LogP contribution in [0.4, 0.5) is 5.13 Å². The summed E-state index contributed by atoms with van der Waals surface area (Å²) in [4.78, 5) is 16.6. The Kier molecular flexibility index (Phi) is 6.01. The molecule has 25 heavy (non-hydrogen) atoms. The van der Waals surface area contributed by atoms with Crippen molar-refractivity contribution < 1.29 is 9.53 Å². The summed E-state index contributed by atoms with van der Waals surface area (Å²) in [5, 5.41) is 3.54. The third-order valence-electron chi connectivity index (χ3n) is 3.86. The lowest BCUT2D eigenvalue weighted by Crippen LogP contribution is -2.11. The lowest BCUT2D eigenvalue weighted by atomic mass is 10.1. The SMILES string of the molecule is CCCCOc1ccc2nc(NC(=O)CCc3ccccc3)sc2c1. The number of hydrogen-bond acceptors (Lipinski definition) is 4. The van der Waals surface area contributed by atoms with E-state index in [0.29, 0.717) is 11.6 Å². The molecule has 1 aromatic heterocycles. The van der Waals surface area contributed by atoms with Crippen LogP contribution in [0.2, 0.25) is 0 Å². The van der Waals surface area contributed by atoms with Crippen LogP contribution in [0, 0.1) is 0 Å². The maximum absolute atomic E-state index is 12.1. The molecule has 5 heteroatoms. The molecule has 0 unspecified atom stereocenters. The standard InChI is InChI=1S/C20H22N2O2S/c1-2-3-13-24-16-10-11-17-18(14-16)25-20(21-17)22-19(23)12-9-15-7-5-4-6-8-15/h4-8,10-11,14H,2-3,9,12-13H2,1H3,(H,21,22,23). The van der Waals surface area contributed by atoms with Crippen LogP contribution in [0.15, 0.2) is 48.5 Å². The van der Waals surface area contributed by atoms with Crippen molar-refractivity contribution in [1.82, 2.24) is 4.98 Å². The molecule has 0 aliphatic heterocycles. The van der Waals surface area contributed by atoms with E-state index >= 15 is 0 Å². The zero-order chi connectivity index (χ0) is 17.5. The summed E-state index contributed by atoms with van der Waals surface area (Å²) in [5.41, 5.74) is 2.04. The number of amides is 1. The summed E-state index contributed by atoms with van der Waals surface area (Å²) in [6.45, 7) is 2.87. The molecule has 3 rings (SSSR count). The number of anilines is 1. The van der Waals surface area contributed by atoms with Gasteiger partial charge in [-0.05, 0) is 36.6 Å². The number of unbranched alkanes of at least 4 members (excludes halogenated alkanes) is 1. The number of aromatic nitrogens is 1. The van der Waals surface area contributed by atoms with Crippen molar-refractivity contribution in [2.24, 2.45) is 0 Å². The number of fused-ring (bicyclic) bond motifs is 1. The van der Waals surface area contributed by atoms with Crippen LogP contribution in [0.5, 0.6) is 5.75 Å². The summed E-state index contributed by atoms with van der Waals surface area (Å²) >= 11 is 1.48. The van der Waals surface area contributed by atoms with Crippen molar-refractivity contribution in [3.05, 3.63) is 54.1 Å². The number of carbonyl (C=O) groups excluding carboxylic acids is 1. The third kappa shape index (κ3) is 5.03. The summed E-state index contributed by atoms with van der Waals surface area (Å²) < 4.78 is 6.74. The zero-order valence-electron chi connectivity index (χ0n) is 14.3. The Bertz CT molecular complexity index is 830. The number of nitrogens with one attached hydrogen (secondary N) is 1. The molecule has 1 amide bonds. The predicted molar refractivity (Wildman–Crippen MR) is 103 cm³/mol. The van der Waals surface area contributed by atoms with E-state index in [2.05, 4.69) is 17.2 Å². The molecule has 0 radical (unpaired) electrons. The molecule has 0 bridgehead atoms. The van der Waals surface area contributed by atoms with Crippen molar-refractivity contribution in [3.8, 4) is 5.75 Å². The second kappa shape index (κ2) is 8.62. The van der Waals surface area contributed by atoms with Gasteiger partial charge in [0.15, 0.2) is 5.13 Å². The largest absolute Gasteiger partial charge is 0.494 e. The Hall–Kier alpha value is -2.40. The number of hydrogen-bond donors (Lipinski definition) is 1. The lowest BCUT2D eigenvalue weighted by Gasteiger charge is -2.04. The van der Waals surface area contributed by atoms with Crippen LogP contribution in [0.25, 0.3) is 10.2 Å². The minimum absolute atomic E-state index is 0.0117. The molecule has 4 nitrogen and oxygen atoms in total. The Balaban J connectivity index is 1.58. The molecule has 0 aliphatic rings. The Morgan fingerprint density at radius 2 is 2.04 bits per heavy atom. The fraction of sp³-hybridized carbons (Fsp3) is 0.300. The molecule has 2 aromatic carbocycles. The van der Waals surface area contributed by atoms with Crippen LogP contribution in [0.3, 0.4) is 0 Å². The van der Waals surface area contributed by atoms with Gasteiger partial charge in [0.1, 0.15) is 5.75 Å². The van der Waals surface area contributed by atoms with Crippen LogP contribution in [0.1, 0.15) is 31.7 Å². The van der Waals surface area contributed by atoms with Gasteiger partial charge in [0.2, 0.25) is 5.91 Å². The van der Waals surface area contributed by atoms with Crippen molar-refractivity contribution >= 4 is 32.6 Å². The summed E-state index contributed by atoms with van der Waals surface area (Å²) in [7, 11) is 0. The van der Waals surface area contributed by atoms with Crippen molar-refractivity contribution in [3.63, 3.8) is 0 Å². The number of thiazole rings is 1. The summed E-state index contributed by atoms with van der Waals surface area (Å²) in [6.07, 6.45) is 3.34. The normalized spacial score (nSPS) is 10.8. The molecule has 130 valence electrons. The van der Waals surface area contributed by atoms with E-state index in [0.717, 1.165) is 47.4 Å². The minimum Gasteiger partial charge on any atom is -0.494 e. The van der Waals surface area contributed by atoms with Crippen molar-refractivity contribution in [2.45, 2.75) is 32.6 Å². The van der Waals surface area contributed by atoms with Gasteiger partial charge in [0.25, 0.3) is 0 Å². The third-order valence-corrected chi connectivity index (χ3v) is 4.79. The quantitative estimate of drug-likeness (QED) is 0.576. The van der Waals surface area contributed by atoms with Gasteiger partial charge in [-0.3, -0.25) is 4.79 Å². The van der Waals surface area contributed by atoms with Gasteiger partial charge in [0.05, 0.1) is 16.8 Å². The lowest BCUT2D eigenvalue weighted by molar-refractivity contribution is -0.116. The van der Waals surface area contributed by atoms with Crippen LogP contribution in [-0.4, -0.2) is 17.5 Å². The fourth-order valence-electron chi connectivity index (χ4n) is 2.47. The molecule has 0 saturated heterocycles. The average molecular weight is 354 g/mol. The maximum Gasteiger partial charge on any atom is 0.226 e. The molecule has 1 N–H and O–H groups in total. The van der Waals surface area contributed by atoms with Crippen molar-refractivity contribution in [2.75, 3.05) is 11.9 Å². The molecule has 0 aliphatic carbocycles. The topological polar surface area (TPSA) is 51.2 Å². The Labute approximate surface area is 151 Å². The fourth-order valence-corrected chi connectivity index (χ4v) is 3.38. The van der Waals surface area contributed by atoms with Gasteiger partial charge in [-0.1, -0.05) is 55.0 Å². The highest BCUT2D eigenvalue weighted by atomic mass is 32.1. The number of aryl methyl sites for hydroxylation is 1. The van der Waals surface area contributed by atoms with E-state index in [9.17, 15) is 4.79 Å². The number of rotatable bonds is 8. The molecule has 0 atom stereocenters. The Morgan fingerprint density at radius 1 is 1.20 bits per heavy atom. The van der Waals surface area contributed by atoms with Crippen LogP contribution in [-0.2, 0) is 11.2 Å². The second-order valence-corrected chi connectivity index (χ2v) is 6.91. The molecule has 0 spiro atoms. The van der Waals surface area contributed by atoms with E-state index in [1.807, 2.05) is 48.5 Å². The molecule has 0 saturated carbocycles. The van der Waals surface area contributed by atoms with Crippen LogP contribution < -0.4 is 10.1 Å². The van der Waals surface area contributed by atoms with Gasteiger partial charge >= 0.3 is 0 Å². The summed E-state index contributed by atoms with van der Waals surface area (Å²) in [5.74, 6) is 0.842. The first-order valence-corrected chi connectivity index (χ1v) is 9.43. The number of benzene rings is 2. The average Bonchev–Trinajstić information content (AvgIpc) is 3.02. The second-order valence-electron chi connectivity index (χ2n) is 5.88. The van der Waals surface area contributed by atoms with Gasteiger partial charge in [-0.15, -0.1) is 0 Å². The zero-order valence-corrected chi connectivity index (χ0v) is 15.1. The maximum atomic E-state index is 12.1. The van der Waals surface area contributed by atoms with E-state index in [4.69, 9.17) is 4.74 Å². The highest BCUT2D eigenvalue weighted by molar-refractivity contribution is 7.22. The molecule has 0 fully saturated rings. The first-order chi connectivity index (χ1) is 12.2. The Morgan fingerprint density at radius 3 is 2.84 bits per heavy atom. The smallest absolute Gasteiger partial charge is 0.226 e. The highest BCUT2D eigenvalue weighted by Crippen LogP contribution is 2.29. The van der Waals surface area contributed by atoms with Gasteiger partial charge in [0, 0.05) is 6.42 Å².